The Bertz CT molecular complexity index is 721. The second kappa shape index (κ2) is 9.96. The van der Waals surface area contributed by atoms with Crippen LogP contribution in [0.3, 0.4) is 0 Å². The first kappa shape index (κ1) is 19.1. The SMILES string of the molecule is COC(=O)c1ccccc1OCC(=O)NCCSc1ccc(Cl)cc1. The standard InChI is InChI=1S/C18H18ClNO4S/c1-23-18(22)15-4-2-3-5-16(15)24-12-17(21)20-10-11-25-14-8-6-13(19)7-9-14/h2-9H,10-12H2,1H3,(H,20,21). The van der Waals surface area contributed by atoms with Crippen LogP contribution in [-0.4, -0.2) is 37.9 Å². The fourth-order valence-corrected chi connectivity index (χ4v) is 2.85. The molecule has 0 spiro atoms. The third-order valence-electron chi connectivity index (χ3n) is 3.16. The van der Waals surface area contributed by atoms with Gasteiger partial charge >= 0.3 is 5.97 Å². The Morgan fingerprint density at radius 1 is 1.12 bits per heavy atom. The lowest BCUT2D eigenvalue weighted by atomic mass is 10.2. The maximum atomic E-state index is 11.8. The molecule has 0 bridgehead atoms. The van der Waals surface area contributed by atoms with Crippen molar-refractivity contribution < 1.29 is 19.1 Å². The molecule has 0 fully saturated rings. The normalized spacial score (nSPS) is 10.2. The van der Waals surface area contributed by atoms with Crippen molar-refractivity contribution in [1.82, 2.24) is 5.32 Å². The van der Waals surface area contributed by atoms with E-state index in [1.54, 1.807) is 36.0 Å². The third-order valence-corrected chi connectivity index (χ3v) is 4.42. The molecule has 0 atom stereocenters. The van der Waals surface area contributed by atoms with E-state index in [0.717, 1.165) is 10.6 Å². The van der Waals surface area contributed by atoms with E-state index in [-0.39, 0.29) is 18.1 Å². The average Bonchev–Trinajstić information content (AvgIpc) is 2.64. The van der Waals surface area contributed by atoms with Gasteiger partial charge in [-0.25, -0.2) is 4.79 Å². The molecule has 132 valence electrons. The molecular formula is C18H18ClNO4S. The number of hydrogen-bond acceptors (Lipinski definition) is 5. The van der Waals surface area contributed by atoms with E-state index in [0.29, 0.717) is 17.3 Å². The fraction of sp³-hybridized carbons (Fsp3) is 0.222. The van der Waals surface area contributed by atoms with E-state index in [9.17, 15) is 9.59 Å². The molecule has 0 aliphatic heterocycles. The molecule has 2 rings (SSSR count). The highest BCUT2D eigenvalue weighted by Gasteiger charge is 2.13. The molecule has 0 aliphatic carbocycles. The summed E-state index contributed by atoms with van der Waals surface area (Å²) in [6, 6.07) is 14.2. The van der Waals surface area contributed by atoms with Crippen molar-refractivity contribution in [3.05, 3.63) is 59.1 Å². The fourth-order valence-electron chi connectivity index (χ4n) is 1.96. The van der Waals surface area contributed by atoms with Gasteiger partial charge < -0.3 is 14.8 Å². The summed E-state index contributed by atoms with van der Waals surface area (Å²) in [6.07, 6.45) is 0. The number of benzene rings is 2. The molecule has 0 saturated heterocycles. The number of thioether (sulfide) groups is 1. The smallest absolute Gasteiger partial charge is 0.341 e. The molecule has 0 unspecified atom stereocenters. The number of ether oxygens (including phenoxy) is 2. The first-order chi connectivity index (χ1) is 12.1. The maximum Gasteiger partial charge on any atom is 0.341 e. The second-order valence-corrected chi connectivity index (χ2v) is 6.53. The summed E-state index contributed by atoms with van der Waals surface area (Å²) in [6.45, 7) is 0.341. The zero-order chi connectivity index (χ0) is 18.1. The van der Waals surface area contributed by atoms with Gasteiger partial charge in [-0.1, -0.05) is 23.7 Å². The molecule has 0 aromatic heterocycles. The summed E-state index contributed by atoms with van der Waals surface area (Å²) >= 11 is 7.45. The highest BCUT2D eigenvalue weighted by atomic mass is 35.5. The summed E-state index contributed by atoms with van der Waals surface area (Å²) in [7, 11) is 1.30. The van der Waals surface area contributed by atoms with Crippen LogP contribution in [0.2, 0.25) is 5.02 Å². The van der Waals surface area contributed by atoms with Crippen molar-refractivity contribution in [2.45, 2.75) is 4.90 Å². The Balaban J connectivity index is 1.72. The van der Waals surface area contributed by atoms with Gasteiger partial charge in [-0.3, -0.25) is 4.79 Å². The van der Waals surface area contributed by atoms with Crippen LogP contribution in [0.5, 0.6) is 5.75 Å². The summed E-state index contributed by atoms with van der Waals surface area (Å²) in [4.78, 5) is 24.6. The predicted octanol–water partition coefficient (Wildman–Crippen LogP) is 3.41. The number of amides is 1. The molecule has 2 aromatic carbocycles. The van der Waals surface area contributed by atoms with Crippen LogP contribution in [0.15, 0.2) is 53.4 Å². The molecule has 0 heterocycles. The Hall–Kier alpha value is -2.18. The van der Waals surface area contributed by atoms with E-state index < -0.39 is 5.97 Å². The largest absolute Gasteiger partial charge is 0.483 e. The molecule has 5 nitrogen and oxygen atoms in total. The number of halogens is 1. The molecule has 0 saturated carbocycles. The number of nitrogens with one attached hydrogen (secondary N) is 1. The van der Waals surface area contributed by atoms with Crippen molar-refractivity contribution in [2.75, 3.05) is 26.0 Å². The van der Waals surface area contributed by atoms with Crippen molar-refractivity contribution in [3.63, 3.8) is 0 Å². The quantitative estimate of drug-likeness (QED) is 0.432. The first-order valence-electron chi connectivity index (χ1n) is 7.55. The Morgan fingerprint density at radius 2 is 1.84 bits per heavy atom. The van der Waals surface area contributed by atoms with Crippen LogP contribution in [0.1, 0.15) is 10.4 Å². The average molecular weight is 380 g/mol. The Kier molecular flexibility index (Phi) is 7.63. The lowest BCUT2D eigenvalue weighted by molar-refractivity contribution is -0.122. The summed E-state index contributed by atoms with van der Waals surface area (Å²) in [5.74, 6) is 0.290. The van der Waals surface area contributed by atoms with E-state index in [1.807, 2.05) is 24.3 Å². The molecule has 2 aromatic rings. The third kappa shape index (κ3) is 6.32. The molecule has 1 amide bonds. The zero-order valence-electron chi connectivity index (χ0n) is 13.7. The number of esters is 1. The van der Waals surface area contributed by atoms with Gasteiger partial charge in [0, 0.05) is 22.2 Å². The number of rotatable bonds is 8. The number of carbonyl (C=O) groups is 2. The maximum absolute atomic E-state index is 11.8. The van der Waals surface area contributed by atoms with Crippen LogP contribution < -0.4 is 10.1 Å². The van der Waals surface area contributed by atoms with Gasteiger partial charge in [0.05, 0.1) is 7.11 Å². The zero-order valence-corrected chi connectivity index (χ0v) is 15.2. The Labute approximate surface area is 155 Å². The predicted molar refractivity (Wildman–Crippen MR) is 98.5 cm³/mol. The lowest BCUT2D eigenvalue weighted by Crippen LogP contribution is -2.30. The summed E-state index contributed by atoms with van der Waals surface area (Å²) < 4.78 is 10.1. The van der Waals surface area contributed by atoms with Crippen LogP contribution in [0.4, 0.5) is 0 Å². The van der Waals surface area contributed by atoms with Crippen LogP contribution >= 0.6 is 23.4 Å². The molecule has 25 heavy (non-hydrogen) atoms. The number of carbonyl (C=O) groups excluding carboxylic acids is 2. The topological polar surface area (TPSA) is 64.6 Å². The van der Waals surface area contributed by atoms with Gasteiger partial charge in [0.15, 0.2) is 6.61 Å². The summed E-state index contributed by atoms with van der Waals surface area (Å²) in [5, 5.41) is 3.47. The summed E-state index contributed by atoms with van der Waals surface area (Å²) in [5.41, 5.74) is 0.288. The highest BCUT2D eigenvalue weighted by Crippen LogP contribution is 2.20. The van der Waals surface area contributed by atoms with Gasteiger partial charge in [0.25, 0.3) is 5.91 Å². The minimum atomic E-state index is -0.504. The monoisotopic (exact) mass is 379 g/mol. The van der Waals surface area contributed by atoms with Gasteiger partial charge in [0.2, 0.25) is 0 Å². The number of para-hydroxylation sites is 1. The number of hydrogen-bond donors (Lipinski definition) is 1. The van der Waals surface area contributed by atoms with Crippen molar-refractivity contribution in [3.8, 4) is 5.75 Å². The van der Waals surface area contributed by atoms with E-state index >= 15 is 0 Å². The minimum absolute atomic E-state index is 0.167. The molecular weight excluding hydrogens is 362 g/mol. The molecule has 1 N–H and O–H groups in total. The van der Waals surface area contributed by atoms with E-state index in [4.69, 9.17) is 16.3 Å². The second-order valence-electron chi connectivity index (χ2n) is 4.93. The van der Waals surface area contributed by atoms with Crippen molar-refractivity contribution >= 4 is 35.2 Å². The van der Waals surface area contributed by atoms with Crippen LogP contribution in [-0.2, 0) is 9.53 Å². The van der Waals surface area contributed by atoms with E-state index in [1.165, 1.54) is 7.11 Å². The van der Waals surface area contributed by atoms with Crippen molar-refractivity contribution in [1.29, 1.82) is 0 Å². The molecule has 0 radical (unpaired) electrons. The Morgan fingerprint density at radius 3 is 2.56 bits per heavy atom. The highest BCUT2D eigenvalue weighted by molar-refractivity contribution is 7.99. The first-order valence-corrected chi connectivity index (χ1v) is 8.91. The van der Waals surface area contributed by atoms with Gasteiger partial charge in [-0.05, 0) is 36.4 Å². The van der Waals surface area contributed by atoms with Crippen LogP contribution in [0, 0.1) is 0 Å². The molecule has 0 aliphatic rings. The molecule has 7 heteroatoms. The minimum Gasteiger partial charge on any atom is -0.483 e. The lowest BCUT2D eigenvalue weighted by Gasteiger charge is -2.10. The van der Waals surface area contributed by atoms with Crippen LogP contribution in [0.25, 0.3) is 0 Å². The van der Waals surface area contributed by atoms with E-state index in [2.05, 4.69) is 10.1 Å². The van der Waals surface area contributed by atoms with Gasteiger partial charge in [-0.2, -0.15) is 0 Å². The van der Waals surface area contributed by atoms with Gasteiger partial charge in [-0.15, -0.1) is 11.8 Å². The van der Waals surface area contributed by atoms with Crippen molar-refractivity contribution in [2.24, 2.45) is 0 Å². The van der Waals surface area contributed by atoms with Gasteiger partial charge in [0.1, 0.15) is 11.3 Å². The number of methoxy groups -OCH3 is 1.